The summed E-state index contributed by atoms with van der Waals surface area (Å²) in [6.07, 6.45) is 2.96. The van der Waals surface area contributed by atoms with Crippen LogP contribution < -0.4 is 0 Å². The molecule has 0 fully saturated rings. The van der Waals surface area contributed by atoms with Crippen molar-refractivity contribution in [3.63, 3.8) is 0 Å². The van der Waals surface area contributed by atoms with Crippen molar-refractivity contribution in [3.05, 3.63) is 11.7 Å². The van der Waals surface area contributed by atoms with Gasteiger partial charge in [-0.25, -0.2) is 0 Å². The average Bonchev–Trinajstić information content (AvgIpc) is 2.50. The largest absolute Gasteiger partial charge is 0.339 e. The predicted octanol–water partition coefficient (Wildman–Crippen LogP) is 1.39. The highest BCUT2D eigenvalue weighted by Crippen LogP contribution is 2.06. The first-order valence-electron chi connectivity index (χ1n) is 3.54. The van der Waals surface area contributed by atoms with E-state index in [4.69, 9.17) is 9.78 Å². The van der Waals surface area contributed by atoms with Gasteiger partial charge < -0.3 is 4.52 Å². The van der Waals surface area contributed by atoms with E-state index in [1.54, 1.807) is 11.8 Å². The van der Waals surface area contributed by atoms with Gasteiger partial charge in [0.05, 0.1) is 11.8 Å². The zero-order valence-corrected chi connectivity index (χ0v) is 7.60. The van der Waals surface area contributed by atoms with Crippen LogP contribution in [0.5, 0.6) is 0 Å². The summed E-state index contributed by atoms with van der Waals surface area (Å²) in [6.45, 7) is 0. The number of hydrogen-bond donors (Lipinski definition) is 0. The summed E-state index contributed by atoms with van der Waals surface area (Å²) in [4.78, 5) is 4.09. The van der Waals surface area contributed by atoms with Gasteiger partial charge in [0.15, 0.2) is 5.82 Å². The Bertz CT molecular complexity index is 278. The van der Waals surface area contributed by atoms with Crippen LogP contribution in [0.4, 0.5) is 0 Å². The third-order valence-electron chi connectivity index (χ3n) is 1.23. The number of aromatic nitrogens is 2. The molecule has 0 amide bonds. The fourth-order valence-electron chi connectivity index (χ4n) is 0.742. The van der Waals surface area contributed by atoms with Crippen molar-refractivity contribution < 1.29 is 4.52 Å². The van der Waals surface area contributed by atoms with Gasteiger partial charge in [-0.1, -0.05) is 5.16 Å². The van der Waals surface area contributed by atoms with Gasteiger partial charge >= 0.3 is 0 Å². The molecule has 0 aliphatic rings. The lowest BCUT2D eigenvalue weighted by Gasteiger charge is -1.83. The van der Waals surface area contributed by atoms with E-state index in [2.05, 4.69) is 10.1 Å². The molecule has 0 N–H and O–H groups in total. The topological polar surface area (TPSA) is 62.7 Å². The van der Waals surface area contributed by atoms with Crippen LogP contribution in [0, 0.1) is 11.3 Å². The van der Waals surface area contributed by atoms with Crippen molar-refractivity contribution in [1.82, 2.24) is 10.1 Å². The normalized spacial score (nSPS) is 9.67. The second-order valence-electron chi connectivity index (χ2n) is 2.20. The number of aryl methyl sites for hydroxylation is 1. The van der Waals surface area contributed by atoms with Crippen LogP contribution >= 0.6 is 11.8 Å². The highest BCUT2D eigenvalue weighted by Gasteiger charge is 2.03. The summed E-state index contributed by atoms with van der Waals surface area (Å²) in [7, 11) is 0. The maximum atomic E-state index is 8.29. The molecule has 5 heteroatoms. The van der Waals surface area contributed by atoms with Crippen LogP contribution in [0.2, 0.25) is 0 Å². The average molecular weight is 183 g/mol. The lowest BCUT2D eigenvalue weighted by Crippen LogP contribution is -1.85. The minimum absolute atomic E-state index is 0.431. The monoisotopic (exact) mass is 183 g/mol. The molecule has 1 aromatic rings. The summed E-state index contributed by atoms with van der Waals surface area (Å²) < 4.78 is 4.89. The molecule has 0 atom stereocenters. The fourth-order valence-corrected chi connectivity index (χ4v) is 1.12. The molecule has 0 bridgehead atoms. The first-order chi connectivity index (χ1) is 5.86. The maximum absolute atomic E-state index is 8.29. The third-order valence-corrected chi connectivity index (χ3v) is 1.78. The van der Waals surface area contributed by atoms with E-state index in [0.29, 0.717) is 24.6 Å². The number of thioether (sulfide) groups is 1. The Hall–Kier alpha value is -1.02. The van der Waals surface area contributed by atoms with Gasteiger partial charge in [-0.2, -0.15) is 22.0 Å². The highest BCUT2D eigenvalue weighted by molar-refractivity contribution is 7.97. The van der Waals surface area contributed by atoms with Crippen molar-refractivity contribution in [2.45, 2.75) is 18.6 Å². The number of rotatable bonds is 4. The summed E-state index contributed by atoms with van der Waals surface area (Å²) >= 11 is 1.64. The molecule has 64 valence electrons. The summed E-state index contributed by atoms with van der Waals surface area (Å²) in [5.41, 5.74) is 0. The molecule has 0 radical (unpaired) electrons. The SMILES string of the molecule is CSCc1noc(CCC#N)n1. The Labute approximate surface area is 75.0 Å². The van der Waals surface area contributed by atoms with E-state index in [1.165, 1.54) is 0 Å². The van der Waals surface area contributed by atoms with E-state index in [0.717, 1.165) is 5.75 Å². The van der Waals surface area contributed by atoms with Crippen LogP contribution in [0.15, 0.2) is 4.52 Å². The molecule has 1 rings (SSSR count). The zero-order valence-electron chi connectivity index (χ0n) is 6.78. The second-order valence-corrected chi connectivity index (χ2v) is 3.06. The highest BCUT2D eigenvalue weighted by atomic mass is 32.2. The maximum Gasteiger partial charge on any atom is 0.227 e. The fraction of sp³-hybridized carbons (Fsp3) is 0.571. The second kappa shape index (κ2) is 4.78. The Kier molecular flexibility index (Phi) is 3.61. The van der Waals surface area contributed by atoms with Gasteiger partial charge in [-0.15, -0.1) is 0 Å². The molecule has 1 aromatic heterocycles. The quantitative estimate of drug-likeness (QED) is 0.705. The molecule has 0 unspecified atom stereocenters. The zero-order chi connectivity index (χ0) is 8.81. The van der Waals surface area contributed by atoms with E-state index in [-0.39, 0.29) is 0 Å². The van der Waals surface area contributed by atoms with Crippen LogP contribution in [-0.4, -0.2) is 16.4 Å². The summed E-state index contributed by atoms with van der Waals surface area (Å²) in [6, 6.07) is 2.02. The molecule has 0 spiro atoms. The van der Waals surface area contributed by atoms with Gasteiger partial charge in [0.1, 0.15) is 0 Å². The number of nitriles is 1. The standard InChI is InChI=1S/C7H9N3OS/c1-12-5-6-9-7(11-10-6)3-2-4-8/h2-3,5H2,1H3. The van der Waals surface area contributed by atoms with E-state index in [9.17, 15) is 0 Å². The van der Waals surface area contributed by atoms with Gasteiger partial charge in [-0.3, -0.25) is 0 Å². The molecule has 0 saturated carbocycles. The lowest BCUT2D eigenvalue weighted by molar-refractivity contribution is 0.375. The Morgan fingerprint density at radius 1 is 1.67 bits per heavy atom. The Morgan fingerprint density at radius 2 is 2.50 bits per heavy atom. The molecule has 0 aromatic carbocycles. The van der Waals surface area contributed by atoms with Crippen molar-refractivity contribution in [2.75, 3.05) is 6.26 Å². The van der Waals surface area contributed by atoms with Crippen LogP contribution in [0.25, 0.3) is 0 Å². The van der Waals surface area contributed by atoms with Gasteiger partial charge in [0, 0.05) is 12.8 Å². The smallest absolute Gasteiger partial charge is 0.227 e. The Morgan fingerprint density at radius 3 is 3.17 bits per heavy atom. The lowest BCUT2D eigenvalue weighted by atomic mass is 10.3. The minimum Gasteiger partial charge on any atom is -0.339 e. The van der Waals surface area contributed by atoms with E-state index < -0.39 is 0 Å². The van der Waals surface area contributed by atoms with E-state index >= 15 is 0 Å². The molecule has 12 heavy (non-hydrogen) atoms. The van der Waals surface area contributed by atoms with Gasteiger partial charge in [0.2, 0.25) is 5.89 Å². The van der Waals surface area contributed by atoms with Crippen molar-refractivity contribution in [3.8, 4) is 6.07 Å². The summed E-state index contributed by atoms with van der Waals surface area (Å²) in [5, 5.41) is 12.0. The molecule has 4 nitrogen and oxygen atoms in total. The molecule has 0 saturated heterocycles. The number of nitrogens with zero attached hydrogens (tertiary/aromatic N) is 3. The molecular weight excluding hydrogens is 174 g/mol. The van der Waals surface area contributed by atoms with Crippen LogP contribution in [0.3, 0.4) is 0 Å². The van der Waals surface area contributed by atoms with Crippen molar-refractivity contribution in [2.24, 2.45) is 0 Å². The first-order valence-corrected chi connectivity index (χ1v) is 4.93. The van der Waals surface area contributed by atoms with Crippen LogP contribution in [0.1, 0.15) is 18.1 Å². The predicted molar refractivity (Wildman–Crippen MR) is 45.5 cm³/mol. The molecule has 1 heterocycles. The Balaban J connectivity index is 2.47. The van der Waals surface area contributed by atoms with Gasteiger partial charge in [0.25, 0.3) is 0 Å². The van der Waals surface area contributed by atoms with Crippen LogP contribution in [-0.2, 0) is 12.2 Å². The summed E-state index contributed by atoms with van der Waals surface area (Å²) in [5.74, 6) is 2.02. The van der Waals surface area contributed by atoms with Crippen molar-refractivity contribution in [1.29, 1.82) is 5.26 Å². The van der Waals surface area contributed by atoms with Gasteiger partial charge in [-0.05, 0) is 6.26 Å². The molecule has 0 aliphatic carbocycles. The van der Waals surface area contributed by atoms with E-state index in [1.807, 2.05) is 12.3 Å². The molecular formula is C7H9N3OS. The minimum atomic E-state index is 0.431. The third kappa shape index (κ3) is 2.55. The molecule has 0 aliphatic heterocycles. The van der Waals surface area contributed by atoms with Crippen molar-refractivity contribution >= 4 is 11.8 Å². The number of hydrogen-bond acceptors (Lipinski definition) is 5. The first kappa shape index (κ1) is 9.07.